The molecule has 0 spiro atoms. The number of carbonyl (C=O) groups is 1. The third kappa shape index (κ3) is 2.75. The molecule has 0 aliphatic carbocycles. The van der Waals surface area contributed by atoms with Crippen LogP contribution in [0.5, 0.6) is 5.75 Å². The molecular weight excluding hydrogens is 269 g/mol. The highest BCUT2D eigenvalue weighted by Gasteiger charge is 2.22. The third-order valence-corrected chi connectivity index (χ3v) is 3.81. The van der Waals surface area contributed by atoms with Gasteiger partial charge in [-0.2, -0.15) is 0 Å². The van der Waals surface area contributed by atoms with Crippen LogP contribution in [0.2, 0.25) is 0 Å². The van der Waals surface area contributed by atoms with Gasteiger partial charge < -0.3 is 10.5 Å². The highest BCUT2D eigenvalue weighted by atomic mass is 19.1. The molecule has 2 N–H and O–H groups in total. The number of amides is 1. The van der Waals surface area contributed by atoms with Crippen molar-refractivity contribution in [1.82, 2.24) is 0 Å². The molecule has 1 aliphatic heterocycles. The van der Waals surface area contributed by atoms with Crippen LogP contribution in [0.3, 0.4) is 0 Å². The number of primary amides is 1. The first kappa shape index (κ1) is 13.6. The molecule has 0 saturated carbocycles. The molecule has 1 aliphatic rings. The van der Waals surface area contributed by atoms with Gasteiger partial charge in [0.2, 0.25) is 0 Å². The fraction of sp³-hybridized carbons (Fsp3) is 0.235. The van der Waals surface area contributed by atoms with Gasteiger partial charge in [0.25, 0.3) is 5.91 Å². The number of nitrogens with two attached hydrogens (primary N) is 1. The lowest BCUT2D eigenvalue weighted by Gasteiger charge is -2.25. The second kappa shape index (κ2) is 5.56. The topological polar surface area (TPSA) is 52.3 Å². The first-order valence-corrected chi connectivity index (χ1v) is 6.93. The van der Waals surface area contributed by atoms with Crippen LogP contribution in [0.1, 0.15) is 21.5 Å². The monoisotopic (exact) mass is 285 g/mol. The summed E-state index contributed by atoms with van der Waals surface area (Å²) in [5, 5.41) is 0. The molecule has 0 bridgehead atoms. The van der Waals surface area contributed by atoms with Gasteiger partial charge in [0, 0.05) is 5.92 Å². The van der Waals surface area contributed by atoms with E-state index in [2.05, 4.69) is 0 Å². The minimum atomic E-state index is -0.722. The predicted octanol–water partition coefficient (Wildman–Crippen LogP) is 2.72. The maximum Gasteiger partial charge on any atom is 0.251 e. The van der Waals surface area contributed by atoms with Crippen molar-refractivity contribution in [3.05, 3.63) is 65.0 Å². The fourth-order valence-corrected chi connectivity index (χ4v) is 2.85. The van der Waals surface area contributed by atoms with E-state index in [1.165, 1.54) is 6.07 Å². The van der Waals surface area contributed by atoms with Crippen LogP contribution in [-0.4, -0.2) is 12.5 Å². The number of carbonyl (C=O) groups excluding carboxylic acids is 1. The second-order valence-electron chi connectivity index (χ2n) is 5.33. The Morgan fingerprint density at radius 1 is 1.24 bits per heavy atom. The molecule has 0 aromatic heterocycles. The van der Waals surface area contributed by atoms with Crippen LogP contribution in [-0.2, 0) is 12.8 Å². The van der Waals surface area contributed by atoms with Gasteiger partial charge in [0.15, 0.2) is 0 Å². The molecule has 0 fully saturated rings. The Bertz CT molecular complexity index is 684. The predicted molar refractivity (Wildman–Crippen MR) is 77.8 cm³/mol. The Balaban J connectivity index is 1.83. The van der Waals surface area contributed by atoms with Crippen molar-refractivity contribution in [2.24, 2.45) is 11.7 Å². The summed E-state index contributed by atoms with van der Waals surface area (Å²) in [5.41, 5.74) is 7.08. The summed E-state index contributed by atoms with van der Waals surface area (Å²) in [5.74, 6) is -0.166. The average molecular weight is 285 g/mol. The minimum absolute atomic E-state index is 0.00337. The number of rotatable bonds is 3. The molecule has 1 amide bonds. The number of fused-ring (bicyclic) bond motifs is 1. The molecule has 21 heavy (non-hydrogen) atoms. The van der Waals surface area contributed by atoms with Gasteiger partial charge in [0.1, 0.15) is 11.6 Å². The normalized spacial score (nSPS) is 16.9. The SMILES string of the molecule is NC(=O)c1c(F)cccc1CC1COc2ccccc2C1. The molecule has 108 valence electrons. The van der Waals surface area contributed by atoms with Gasteiger partial charge in [-0.05, 0) is 36.1 Å². The van der Waals surface area contributed by atoms with Crippen molar-refractivity contribution in [3.63, 3.8) is 0 Å². The third-order valence-electron chi connectivity index (χ3n) is 3.81. The Labute approximate surface area is 122 Å². The van der Waals surface area contributed by atoms with Gasteiger partial charge in [-0.25, -0.2) is 4.39 Å². The van der Waals surface area contributed by atoms with Crippen LogP contribution in [0.25, 0.3) is 0 Å². The summed E-state index contributed by atoms with van der Waals surface area (Å²) >= 11 is 0. The lowest BCUT2D eigenvalue weighted by Crippen LogP contribution is -2.24. The van der Waals surface area contributed by atoms with Gasteiger partial charge in [0.05, 0.1) is 12.2 Å². The molecule has 4 heteroatoms. The van der Waals surface area contributed by atoms with Crippen LogP contribution in [0.15, 0.2) is 42.5 Å². The standard InChI is InChI=1S/C17H16FNO2/c18-14-6-3-5-13(16(14)17(19)20)9-11-8-12-4-1-2-7-15(12)21-10-11/h1-7,11H,8-10H2,(H2,19,20). The average Bonchev–Trinajstić information content (AvgIpc) is 2.47. The number of halogens is 1. The van der Waals surface area contributed by atoms with E-state index < -0.39 is 11.7 Å². The van der Waals surface area contributed by atoms with E-state index in [-0.39, 0.29) is 11.5 Å². The van der Waals surface area contributed by atoms with Gasteiger partial charge >= 0.3 is 0 Å². The molecule has 1 heterocycles. The number of para-hydroxylation sites is 1. The molecule has 0 saturated heterocycles. The van der Waals surface area contributed by atoms with E-state index >= 15 is 0 Å². The van der Waals surface area contributed by atoms with Gasteiger partial charge in [-0.1, -0.05) is 30.3 Å². The Kier molecular flexibility index (Phi) is 3.60. The summed E-state index contributed by atoms with van der Waals surface area (Å²) in [6.45, 7) is 0.561. The molecule has 3 rings (SSSR count). The van der Waals surface area contributed by atoms with E-state index in [0.717, 1.165) is 17.7 Å². The van der Waals surface area contributed by atoms with E-state index in [1.54, 1.807) is 12.1 Å². The molecule has 1 atom stereocenters. The number of benzene rings is 2. The Morgan fingerprint density at radius 3 is 2.86 bits per heavy atom. The molecule has 2 aromatic rings. The quantitative estimate of drug-likeness (QED) is 0.942. The zero-order valence-electron chi connectivity index (χ0n) is 11.5. The summed E-state index contributed by atoms with van der Waals surface area (Å²) in [6.07, 6.45) is 1.43. The van der Waals surface area contributed by atoms with Crippen molar-refractivity contribution < 1.29 is 13.9 Å². The zero-order valence-corrected chi connectivity index (χ0v) is 11.5. The van der Waals surface area contributed by atoms with E-state index in [4.69, 9.17) is 10.5 Å². The maximum absolute atomic E-state index is 13.8. The molecule has 1 unspecified atom stereocenters. The molecule has 3 nitrogen and oxygen atoms in total. The highest BCUT2D eigenvalue weighted by molar-refractivity contribution is 5.94. The first-order chi connectivity index (χ1) is 10.1. The molecule has 2 aromatic carbocycles. The lowest BCUT2D eigenvalue weighted by molar-refractivity contribution is 0.0995. The summed E-state index contributed by atoms with van der Waals surface area (Å²) in [7, 11) is 0. The first-order valence-electron chi connectivity index (χ1n) is 6.93. The van der Waals surface area contributed by atoms with E-state index in [1.807, 2.05) is 24.3 Å². The van der Waals surface area contributed by atoms with Crippen molar-refractivity contribution in [3.8, 4) is 5.75 Å². The molecular formula is C17H16FNO2. The largest absolute Gasteiger partial charge is 0.493 e. The van der Waals surface area contributed by atoms with Crippen LogP contribution in [0.4, 0.5) is 4.39 Å². The maximum atomic E-state index is 13.8. The summed E-state index contributed by atoms with van der Waals surface area (Å²) < 4.78 is 19.5. The van der Waals surface area contributed by atoms with E-state index in [0.29, 0.717) is 18.6 Å². The van der Waals surface area contributed by atoms with Crippen LogP contribution < -0.4 is 10.5 Å². The fourth-order valence-electron chi connectivity index (χ4n) is 2.85. The van der Waals surface area contributed by atoms with Crippen LogP contribution >= 0.6 is 0 Å². The second-order valence-corrected chi connectivity index (χ2v) is 5.33. The van der Waals surface area contributed by atoms with Crippen LogP contribution in [0, 0.1) is 11.7 Å². The van der Waals surface area contributed by atoms with Crippen molar-refractivity contribution in [2.75, 3.05) is 6.61 Å². The number of ether oxygens (including phenoxy) is 1. The smallest absolute Gasteiger partial charge is 0.251 e. The lowest BCUT2D eigenvalue weighted by atomic mass is 9.89. The van der Waals surface area contributed by atoms with Gasteiger partial charge in [-0.15, -0.1) is 0 Å². The minimum Gasteiger partial charge on any atom is -0.493 e. The Hall–Kier alpha value is -2.36. The molecule has 0 radical (unpaired) electrons. The van der Waals surface area contributed by atoms with E-state index in [9.17, 15) is 9.18 Å². The highest BCUT2D eigenvalue weighted by Crippen LogP contribution is 2.29. The Morgan fingerprint density at radius 2 is 2.05 bits per heavy atom. The summed E-state index contributed by atoms with van der Waals surface area (Å²) in [6, 6.07) is 12.5. The van der Waals surface area contributed by atoms with Crippen molar-refractivity contribution in [1.29, 1.82) is 0 Å². The summed E-state index contributed by atoms with van der Waals surface area (Å²) in [4.78, 5) is 11.4. The zero-order chi connectivity index (χ0) is 14.8. The number of hydrogen-bond donors (Lipinski definition) is 1. The van der Waals surface area contributed by atoms with Gasteiger partial charge in [-0.3, -0.25) is 4.79 Å². The van der Waals surface area contributed by atoms with Crippen molar-refractivity contribution in [2.45, 2.75) is 12.8 Å². The number of hydrogen-bond acceptors (Lipinski definition) is 2. The van der Waals surface area contributed by atoms with Crippen molar-refractivity contribution >= 4 is 5.91 Å².